The van der Waals surface area contributed by atoms with E-state index in [1.54, 1.807) is 55.5 Å². The van der Waals surface area contributed by atoms with Crippen molar-refractivity contribution in [3.63, 3.8) is 0 Å². The molecule has 1 amide bonds. The van der Waals surface area contributed by atoms with Crippen LogP contribution in [0.15, 0.2) is 82.4 Å². The third-order valence-electron chi connectivity index (χ3n) is 4.34. The molecule has 1 N–H and O–H groups in total. The van der Waals surface area contributed by atoms with E-state index in [9.17, 15) is 9.59 Å². The zero-order chi connectivity index (χ0) is 22.2. The summed E-state index contributed by atoms with van der Waals surface area (Å²) in [4.78, 5) is 24.4. The molecule has 0 aromatic heterocycles. The van der Waals surface area contributed by atoms with E-state index in [0.29, 0.717) is 17.1 Å². The van der Waals surface area contributed by atoms with Crippen LogP contribution in [0.25, 0.3) is 0 Å². The molecule has 0 fully saturated rings. The van der Waals surface area contributed by atoms with Crippen molar-refractivity contribution in [2.24, 2.45) is 5.10 Å². The van der Waals surface area contributed by atoms with Crippen LogP contribution < -0.4 is 14.9 Å². The van der Waals surface area contributed by atoms with Gasteiger partial charge in [0.1, 0.15) is 11.5 Å². The molecule has 158 valence electrons. The van der Waals surface area contributed by atoms with Crippen molar-refractivity contribution in [1.29, 1.82) is 0 Å². The molecule has 1 atom stereocenters. The van der Waals surface area contributed by atoms with Crippen LogP contribution >= 0.6 is 15.9 Å². The van der Waals surface area contributed by atoms with Gasteiger partial charge in [-0.2, -0.15) is 5.10 Å². The second kappa shape index (κ2) is 10.5. The minimum atomic E-state index is -0.707. The molecular weight excluding hydrogens is 460 g/mol. The molecule has 0 radical (unpaired) electrons. The van der Waals surface area contributed by atoms with Crippen LogP contribution in [-0.4, -0.2) is 24.2 Å². The summed E-state index contributed by atoms with van der Waals surface area (Å²) in [5.74, 6) is 0.228. The number of hydrogen-bond donors (Lipinski definition) is 1. The van der Waals surface area contributed by atoms with Crippen LogP contribution in [0.5, 0.6) is 11.5 Å². The molecule has 0 saturated carbocycles. The van der Waals surface area contributed by atoms with Gasteiger partial charge in [0.15, 0.2) is 6.10 Å². The molecule has 0 aliphatic heterocycles. The van der Waals surface area contributed by atoms with Crippen LogP contribution in [0.1, 0.15) is 28.4 Å². The van der Waals surface area contributed by atoms with E-state index in [1.807, 2.05) is 31.2 Å². The van der Waals surface area contributed by atoms with Crippen molar-refractivity contribution in [2.45, 2.75) is 20.0 Å². The van der Waals surface area contributed by atoms with Gasteiger partial charge in [0.2, 0.25) is 0 Å². The van der Waals surface area contributed by atoms with Crippen molar-refractivity contribution in [1.82, 2.24) is 5.43 Å². The number of carbonyl (C=O) groups is 2. The summed E-state index contributed by atoms with van der Waals surface area (Å²) < 4.78 is 11.9. The van der Waals surface area contributed by atoms with Crippen molar-refractivity contribution in [3.8, 4) is 11.5 Å². The van der Waals surface area contributed by atoms with Crippen LogP contribution in [-0.2, 0) is 4.79 Å². The number of hydrogen-bond acceptors (Lipinski definition) is 5. The van der Waals surface area contributed by atoms with Gasteiger partial charge in [-0.3, -0.25) is 4.79 Å². The zero-order valence-corrected chi connectivity index (χ0v) is 18.6. The molecule has 1 unspecified atom stereocenters. The molecule has 3 rings (SSSR count). The molecule has 3 aromatic carbocycles. The maximum atomic E-state index is 12.3. The SMILES string of the molecule is Cc1ccccc1C(=O)Oc1ccc(/C=N/NC(=O)C(C)Oc2ccc(Br)cc2)cc1. The Bertz CT molecular complexity index is 1080. The predicted molar refractivity (Wildman–Crippen MR) is 123 cm³/mol. The summed E-state index contributed by atoms with van der Waals surface area (Å²) in [7, 11) is 0. The minimum Gasteiger partial charge on any atom is -0.481 e. The lowest BCUT2D eigenvalue weighted by Gasteiger charge is -2.12. The Morgan fingerprint density at radius 1 is 0.968 bits per heavy atom. The van der Waals surface area contributed by atoms with Gasteiger partial charge in [-0.15, -0.1) is 0 Å². The van der Waals surface area contributed by atoms with Crippen molar-refractivity contribution in [3.05, 3.63) is 94.0 Å². The number of nitrogens with zero attached hydrogens (tertiary/aromatic N) is 1. The highest BCUT2D eigenvalue weighted by Gasteiger charge is 2.14. The Hall–Kier alpha value is -3.45. The minimum absolute atomic E-state index is 0.372. The molecular formula is C24H21BrN2O4. The van der Waals surface area contributed by atoms with E-state index in [4.69, 9.17) is 9.47 Å². The Labute approximate surface area is 189 Å². The Kier molecular flexibility index (Phi) is 7.56. The monoisotopic (exact) mass is 480 g/mol. The zero-order valence-electron chi connectivity index (χ0n) is 17.0. The van der Waals surface area contributed by atoms with E-state index >= 15 is 0 Å². The molecule has 0 bridgehead atoms. The van der Waals surface area contributed by atoms with E-state index in [1.165, 1.54) is 6.21 Å². The molecule has 0 saturated heterocycles. The molecule has 31 heavy (non-hydrogen) atoms. The summed E-state index contributed by atoms with van der Waals surface area (Å²) in [6, 6.07) is 21.2. The van der Waals surface area contributed by atoms with Crippen LogP contribution in [0.2, 0.25) is 0 Å². The van der Waals surface area contributed by atoms with Gasteiger partial charge in [-0.05, 0) is 79.6 Å². The third-order valence-corrected chi connectivity index (χ3v) is 4.87. The standard InChI is InChI=1S/C24H21BrN2O4/c1-16-5-3-4-6-22(16)24(29)31-21-11-7-18(8-12-21)15-26-27-23(28)17(2)30-20-13-9-19(25)10-14-20/h3-15,17H,1-2H3,(H,27,28)/b26-15+. The number of hydrazone groups is 1. The van der Waals surface area contributed by atoms with Crippen molar-refractivity contribution >= 4 is 34.0 Å². The summed E-state index contributed by atoms with van der Waals surface area (Å²) in [6.07, 6.45) is 0.790. The topological polar surface area (TPSA) is 77.0 Å². The molecule has 0 spiro atoms. The van der Waals surface area contributed by atoms with E-state index in [-0.39, 0.29) is 5.91 Å². The van der Waals surface area contributed by atoms with Crippen LogP contribution in [0.3, 0.4) is 0 Å². The fourth-order valence-corrected chi connectivity index (χ4v) is 2.88. The summed E-state index contributed by atoms with van der Waals surface area (Å²) in [6.45, 7) is 3.50. The number of halogens is 1. The smallest absolute Gasteiger partial charge is 0.343 e. The molecule has 6 nitrogen and oxygen atoms in total. The maximum absolute atomic E-state index is 12.3. The summed E-state index contributed by atoms with van der Waals surface area (Å²) >= 11 is 3.35. The lowest BCUT2D eigenvalue weighted by molar-refractivity contribution is -0.127. The van der Waals surface area contributed by atoms with E-state index in [0.717, 1.165) is 15.6 Å². The first-order chi connectivity index (χ1) is 14.9. The number of rotatable bonds is 7. The first-order valence-corrected chi connectivity index (χ1v) is 10.3. The van der Waals surface area contributed by atoms with Crippen molar-refractivity contribution in [2.75, 3.05) is 0 Å². The van der Waals surface area contributed by atoms with E-state index < -0.39 is 12.1 Å². The lowest BCUT2D eigenvalue weighted by atomic mass is 10.1. The molecule has 0 aliphatic rings. The number of ether oxygens (including phenoxy) is 2. The van der Waals surface area contributed by atoms with E-state index in [2.05, 4.69) is 26.5 Å². The largest absolute Gasteiger partial charge is 0.481 e. The second-order valence-corrected chi connectivity index (χ2v) is 7.64. The first kappa shape index (κ1) is 22.2. The molecule has 0 aliphatic carbocycles. The Morgan fingerprint density at radius 2 is 1.61 bits per heavy atom. The van der Waals surface area contributed by atoms with Gasteiger partial charge >= 0.3 is 5.97 Å². The average molecular weight is 481 g/mol. The number of aryl methyl sites for hydroxylation is 1. The Balaban J connectivity index is 1.51. The number of esters is 1. The fraction of sp³-hybridized carbons (Fsp3) is 0.125. The van der Waals surface area contributed by atoms with Gasteiger partial charge in [0, 0.05) is 4.47 Å². The number of nitrogens with one attached hydrogen (secondary N) is 1. The fourth-order valence-electron chi connectivity index (χ4n) is 2.62. The van der Waals surface area contributed by atoms with Crippen molar-refractivity contribution < 1.29 is 19.1 Å². The highest BCUT2D eigenvalue weighted by Crippen LogP contribution is 2.17. The lowest BCUT2D eigenvalue weighted by Crippen LogP contribution is -2.33. The maximum Gasteiger partial charge on any atom is 0.343 e. The second-order valence-electron chi connectivity index (χ2n) is 6.72. The third kappa shape index (κ3) is 6.52. The highest BCUT2D eigenvalue weighted by molar-refractivity contribution is 9.10. The van der Waals surface area contributed by atoms with Gasteiger partial charge in [0.25, 0.3) is 5.91 Å². The van der Waals surface area contributed by atoms with Gasteiger partial charge < -0.3 is 9.47 Å². The number of carbonyl (C=O) groups excluding carboxylic acids is 2. The van der Waals surface area contributed by atoms with Gasteiger partial charge in [-0.25, -0.2) is 10.2 Å². The highest BCUT2D eigenvalue weighted by atomic mass is 79.9. The van der Waals surface area contributed by atoms with Gasteiger partial charge in [0.05, 0.1) is 11.8 Å². The average Bonchev–Trinajstić information content (AvgIpc) is 2.76. The normalized spacial score (nSPS) is 11.7. The molecule has 3 aromatic rings. The summed E-state index contributed by atoms with van der Waals surface area (Å²) in [5.41, 5.74) is 4.56. The van der Waals surface area contributed by atoms with Gasteiger partial charge in [-0.1, -0.05) is 34.1 Å². The first-order valence-electron chi connectivity index (χ1n) is 9.55. The summed E-state index contributed by atoms with van der Waals surface area (Å²) in [5, 5.41) is 3.95. The number of benzene rings is 3. The molecule has 0 heterocycles. The van der Waals surface area contributed by atoms with Crippen LogP contribution in [0.4, 0.5) is 0 Å². The predicted octanol–water partition coefficient (Wildman–Crippen LogP) is 4.89. The number of amides is 1. The van der Waals surface area contributed by atoms with Crippen LogP contribution in [0, 0.1) is 6.92 Å². The quantitative estimate of drug-likeness (QED) is 0.226. The molecule has 7 heteroatoms. The Morgan fingerprint density at radius 3 is 2.29 bits per heavy atom.